The minimum absolute atomic E-state index is 0.151. The second kappa shape index (κ2) is 5.70. The van der Waals surface area contributed by atoms with Crippen LogP contribution in [0.25, 0.3) is 0 Å². The second-order valence-corrected chi connectivity index (χ2v) is 6.44. The fourth-order valence-corrected chi connectivity index (χ4v) is 3.02. The fraction of sp³-hybridized carbons (Fsp3) is 0.500. The predicted octanol–water partition coefficient (Wildman–Crippen LogP) is 4.21. The normalized spacial score (nSPS) is 18.6. The van der Waals surface area contributed by atoms with Crippen molar-refractivity contribution < 1.29 is 19.0 Å². The Bertz CT molecular complexity index is 499. The number of ether oxygens (including phenoxy) is 3. The molecule has 6 heteroatoms. The third-order valence-electron chi connectivity index (χ3n) is 2.85. The molecule has 110 valence electrons. The summed E-state index contributed by atoms with van der Waals surface area (Å²) in [4.78, 5) is 10.8. The molecule has 1 heterocycles. The van der Waals surface area contributed by atoms with E-state index in [1.165, 1.54) is 0 Å². The van der Waals surface area contributed by atoms with E-state index in [0.29, 0.717) is 15.8 Å². The molecule has 1 atom stereocenters. The molecule has 0 aromatic heterocycles. The molecular weight excluding hydrogens is 303 g/mol. The van der Waals surface area contributed by atoms with Gasteiger partial charge in [-0.1, -0.05) is 44.0 Å². The largest absolute Gasteiger partial charge is 0.508 e. The lowest BCUT2D eigenvalue weighted by molar-refractivity contribution is 0.0983. The molecule has 4 nitrogen and oxygen atoms in total. The first-order valence-corrected chi connectivity index (χ1v) is 6.98. The van der Waals surface area contributed by atoms with Crippen molar-refractivity contribution in [2.24, 2.45) is 0 Å². The molecule has 0 saturated carbocycles. The molecule has 1 aromatic carbocycles. The summed E-state index contributed by atoms with van der Waals surface area (Å²) in [6, 6.07) is 3.43. The molecule has 1 aliphatic heterocycles. The first-order chi connectivity index (χ1) is 9.27. The minimum Gasteiger partial charge on any atom is -0.489 e. The van der Waals surface area contributed by atoms with Crippen LogP contribution >= 0.6 is 23.2 Å². The fourth-order valence-electron chi connectivity index (χ4n) is 1.99. The Balaban J connectivity index is 2.09. The van der Waals surface area contributed by atoms with Crippen molar-refractivity contribution in [3.8, 4) is 5.75 Å². The summed E-state index contributed by atoms with van der Waals surface area (Å²) in [5, 5.41) is 1.11. The van der Waals surface area contributed by atoms with Crippen LogP contribution in [0.3, 0.4) is 0 Å². The number of cyclic esters (lactones) is 2. The van der Waals surface area contributed by atoms with Gasteiger partial charge in [-0.25, -0.2) is 4.79 Å². The van der Waals surface area contributed by atoms with Gasteiger partial charge in [-0.15, -0.1) is 0 Å². The molecule has 1 unspecified atom stereocenters. The molecule has 0 amide bonds. The van der Waals surface area contributed by atoms with Crippen LogP contribution < -0.4 is 4.74 Å². The Morgan fingerprint density at radius 2 is 1.90 bits per heavy atom. The average Bonchev–Trinajstić information content (AvgIpc) is 2.69. The Morgan fingerprint density at radius 3 is 2.35 bits per heavy atom. The van der Waals surface area contributed by atoms with Gasteiger partial charge in [-0.3, -0.25) is 0 Å². The summed E-state index contributed by atoms with van der Waals surface area (Å²) in [7, 11) is 0. The van der Waals surface area contributed by atoms with Gasteiger partial charge in [0.05, 0.1) is 0 Å². The van der Waals surface area contributed by atoms with Crippen LogP contribution in [0, 0.1) is 0 Å². The van der Waals surface area contributed by atoms with Gasteiger partial charge in [0, 0.05) is 10.0 Å². The van der Waals surface area contributed by atoms with Crippen LogP contribution in [0.2, 0.25) is 10.0 Å². The summed E-state index contributed by atoms with van der Waals surface area (Å²) in [5.74, 6) is 0.538. The van der Waals surface area contributed by atoms with E-state index < -0.39 is 12.3 Å². The smallest absolute Gasteiger partial charge is 0.489 e. The zero-order chi connectivity index (χ0) is 14.9. The van der Waals surface area contributed by atoms with Gasteiger partial charge in [0.25, 0.3) is 0 Å². The lowest BCUT2D eigenvalue weighted by Gasteiger charge is -2.23. The van der Waals surface area contributed by atoms with Crippen molar-refractivity contribution in [2.75, 3.05) is 13.2 Å². The van der Waals surface area contributed by atoms with Crippen molar-refractivity contribution in [1.82, 2.24) is 0 Å². The maximum atomic E-state index is 10.8. The van der Waals surface area contributed by atoms with Gasteiger partial charge >= 0.3 is 6.16 Å². The van der Waals surface area contributed by atoms with Gasteiger partial charge < -0.3 is 14.2 Å². The van der Waals surface area contributed by atoms with Crippen molar-refractivity contribution in [3.05, 3.63) is 27.7 Å². The van der Waals surface area contributed by atoms with Crippen molar-refractivity contribution in [1.29, 1.82) is 0 Å². The lowest BCUT2D eigenvalue weighted by atomic mass is 9.87. The highest BCUT2D eigenvalue weighted by atomic mass is 35.5. The summed E-state index contributed by atoms with van der Waals surface area (Å²) >= 11 is 12.5. The van der Waals surface area contributed by atoms with Gasteiger partial charge in [0.1, 0.15) is 19.0 Å². The predicted molar refractivity (Wildman–Crippen MR) is 76.9 cm³/mol. The molecule has 2 rings (SSSR count). The van der Waals surface area contributed by atoms with Crippen molar-refractivity contribution in [2.45, 2.75) is 32.3 Å². The highest BCUT2D eigenvalue weighted by molar-refractivity contribution is 6.36. The molecule has 0 aliphatic carbocycles. The molecule has 20 heavy (non-hydrogen) atoms. The van der Waals surface area contributed by atoms with E-state index >= 15 is 0 Å². The van der Waals surface area contributed by atoms with Crippen molar-refractivity contribution >= 4 is 29.4 Å². The number of carbonyl (C=O) groups is 1. The van der Waals surface area contributed by atoms with Crippen LogP contribution in [0.15, 0.2) is 12.1 Å². The van der Waals surface area contributed by atoms with Gasteiger partial charge in [0.15, 0.2) is 6.10 Å². The van der Waals surface area contributed by atoms with E-state index in [2.05, 4.69) is 4.74 Å². The molecule has 1 aliphatic rings. The summed E-state index contributed by atoms with van der Waals surface area (Å²) in [5.41, 5.74) is 0.727. The summed E-state index contributed by atoms with van der Waals surface area (Å²) < 4.78 is 15.1. The quantitative estimate of drug-likeness (QED) is 0.783. The second-order valence-electron chi connectivity index (χ2n) is 5.62. The number of carbonyl (C=O) groups excluding carboxylic acids is 1. The van der Waals surface area contributed by atoms with E-state index in [4.69, 9.17) is 32.7 Å². The van der Waals surface area contributed by atoms with Crippen LogP contribution in [-0.4, -0.2) is 25.5 Å². The average molecular weight is 319 g/mol. The van der Waals surface area contributed by atoms with Crippen molar-refractivity contribution in [3.63, 3.8) is 0 Å². The highest BCUT2D eigenvalue weighted by Crippen LogP contribution is 2.38. The number of benzene rings is 1. The summed E-state index contributed by atoms with van der Waals surface area (Å²) in [6.45, 7) is 6.51. The molecule has 0 bridgehead atoms. The minimum atomic E-state index is -0.669. The van der Waals surface area contributed by atoms with Gasteiger partial charge in [0.2, 0.25) is 0 Å². The topological polar surface area (TPSA) is 44.8 Å². The van der Waals surface area contributed by atoms with E-state index in [1.54, 1.807) is 12.1 Å². The molecule has 1 fully saturated rings. The van der Waals surface area contributed by atoms with Crippen LogP contribution in [0.4, 0.5) is 4.79 Å². The van der Waals surface area contributed by atoms with E-state index in [1.807, 2.05) is 20.8 Å². The molecule has 0 spiro atoms. The Labute approximate surface area is 127 Å². The van der Waals surface area contributed by atoms with E-state index in [9.17, 15) is 4.79 Å². The first-order valence-electron chi connectivity index (χ1n) is 6.23. The van der Waals surface area contributed by atoms with Gasteiger partial charge in [-0.2, -0.15) is 0 Å². The lowest BCUT2D eigenvalue weighted by Crippen LogP contribution is -2.20. The van der Waals surface area contributed by atoms with Crippen LogP contribution in [-0.2, 0) is 14.9 Å². The Morgan fingerprint density at radius 1 is 1.30 bits per heavy atom. The SMILES string of the molecule is CC(C)(C)c1c(Cl)cc(OCC2COC(=O)O2)cc1Cl. The van der Waals surface area contributed by atoms with E-state index in [0.717, 1.165) is 5.56 Å². The molecule has 1 saturated heterocycles. The number of halogens is 2. The zero-order valence-electron chi connectivity index (χ0n) is 11.5. The Hall–Kier alpha value is -1.13. The maximum Gasteiger partial charge on any atom is 0.508 e. The Kier molecular flexibility index (Phi) is 4.35. The molecule has 0 radical (unpaired) electrons. The van der Waals surface area contributed by atoms with E-state index in [-0.39, 0.29) is 18.6 Å². The summed E-state index contributed by atoms with van der Waals surface area (Å²) in [6.07, 6.45) is -1.07. The maximum absolute atomic E-state index is 10.8. The highest BCUT2D eigenvalue weighted by Gasteiger charge is 2.26. The third kappa shape index (κ3) is 3.49. The van der Waals surface area contributed by atoms with Crippen LogP contribution in [0.1, 0.15) is 26.3 Å². The monoisotopic (exact) mass is 318 g/mol. The number of hydrogen-bond acceptors (Lipinski definition) is 4. The first kappa shape index (κ1) is 15.3. The molecular formula is C14H16Cl2O4. The zero-order valence-corrected chi connectivity index (χ0v) is 13.0. The molecule has 0 N–H and O–H groups in total. The number of hydrogen-bond donors (Lipinski definition) is 0. The number of rotatable bonds is 3. The standard InChI is InChI=1S/C14H16Cl2O4/c1-14(2,3)12-10(15)4-8(5-11(12)16)18-6-9-7-19-13(17)20-9/h4-5,9H,6-7H2,1-3H3. The van der Waals surface area contributed by atoms with Gasteiger partial charge in [-0.05, 0) is 23.1 Å². The molecule has 1 aromatic rings. The van der Waals surface area contributed by atoms with Crippen LogP contribution in [0.5, 0.6) is 5.75 Å². The third-order valence-corrected chi connectivity index (χ3v) is 3.45.